The summed E-state index contributed by atoms with van der Waals surface area (Å²) in [6.45, 7) is 1.42. The summed E-state index contributed by atoms with van der Waals surface area (Å²) < 4.78 is 10.2. The molecule has 0 bridgehead atoms. The van der Waals surface area contributed by atoms with Gasteiger partial charge in [-0.3, -0.25) is 15.1 Å². The topological polar surface area (TPSA) is 74.5 Å². The number of allylic oxidation sites excluding steroid dienone is 1. The molecule has 6 heteroatoms. The molecule has 1 aromatic heterocycles. The number of pyridine rings is 1. The van der Waals surface area contributed by atoms with Crippen molar-refractivity contribution in [2.75, 3.05) is 14.2 Å². The average molecular weight is 238 g/mol. The van der Waals surface area contributed by atoms with Gasteiger partial charge in [-0.1, -0.05) is 0 Å². The van der Waals surface area contributed by atoms with Crippen molar-refractivity contribution in [1.82, 2.24) is 4.98 Å². The predicted octanol–water partition coefficient (Wildman–Crippen LogP) is 2.01. The van der Waals surface area contributed by atoms with Gasteiger partial charge < -0.3 is 9.47 Å². The second-order valence-corrected chi connectivity index (χ2v) is 3.35. The van der Waals surface area contributed by atoms with Crippen LogP contribution in [0.3, 0.4) is 0 Å². The largest absolute Gasteiger partial charge is 0.352 e. The Kier molecular flexibility index (Phi) is 4.74. The summed E-state index contributed by atoms with van der Waals surface area (Å²) in [5.74, 6) is 0. The molecule has 0 aromatic carbocycles. The summed E-state index contributed by atoms with van der Waals surface area (Å²) in [7, 11) is 3.00. The van der Waals surface area contributed by atoms with E-state index < -0.39 is 11.2 Å². The van der Waals surface area contributed by atoms with Crippen LogP contribution in [-0.2, 0) is 9.47 Å². The highest BCUT2D eigenvalue weighted by atomic mass is 16.7. The van der Waals surface area contributed by atoms with E-state index in [0.717, 1.165) is 0 Å². The molecule has 1 aromatic rings. The Morgan fingerprint density at radius 1 is 1.53 bits per heavy atom. The Morgan fingerprint density at radius 3 is 2.71 bits per heavy atom. The number of hydrogen-bond donors (Lipinski definition) is 0. The standard InChI is InChI=1S/C11H14N2O4/c1-8(13(14)15)6-9-7-12-5-4-10(9)11(16-2)17-3/h4-7,11H,1-3H3/b8-6+. The van der Waals surface area contributed by atoms with E-state index in [1.54, 1.807) is 12.3 Å². The average Bonchev–Trinajstić information content (AvgIpc) is 2.32. The number of nitrogens with zero attached hydrogens (tertiary/aromatic N) is 2. The molecule has 0 atom stereocenters. The second kappa shape index (κ2) is 6.07. The quantitative estimate of drug-likeness (QED) is 0.445. The number of hydrogen-bond acceptors (Lipinski definition) is 5. The zero-order valence-corrected chi connectivity index (χ0v) is 9.91. The van der Waals surface area contributed by atoms with Crippen LogP contribution in [0.5, 0.6) is 0 Å². The highest BCUT2D eigenvalue weighted by molar-refractivity contribution is 5.54. The molecule has 0 radical (unpaired) electrons. The van der Waals surface area contributed by atoms with Crippen LogP contribution in [0.4, 0.5) is 0 Å². The summed E-state index contributed by atoms with van der Waals surface area (Å²) in [4.78, 5) is 14.1. The Morgan fingerprint density at radius 2 is 2.18 bits per heavy atom. The fourth-order valence-electron chi connectivity index (χ4n) is 1.38. The lowest BCUT2D eigenvalue weighted by Gasteiger charge is -2.15. The van der Waals surface area contributed by atoms with Crippen LogP contribution >= 0.6 is 0 Å². The van der Waals surface area contributed by atoms with Crippen LogP contribution in [0, 0.1) is 10.1 Å². The van der Waals surface area contributed by atoms with Gasteiger partial charge in [-0.15, -0.1) is 0 Å². The molecule has 0 aliphatic carbocycles. The van der Waals surface area contributed by atoms with Crippen molar-refractivity contribution in [2.45, 2.75) is 13.2 Å². The molecule has 0 saturated heterocycles. The zero-order chi connectivity index (χ0) is 12.8. The highest BCUT2D eigenvalue weighted by Crippen LogP contribution is 2.22. The third kappa shape index (κ3) is 3.33. The fourth-order valence-corrected chi connectivity index (χ4v) is 1.38. The summed E-state index contributed by atoms with van der Waals surface area (Å²) >= 11 is 0. The first kappa shape index (κ1) is 13.3. The first-order valence-electron chi connectivity index (χ1n) is 4.92. The van der Waals surface area contributed by atoms with Gasteiger partial charge >= 0.3 is 0 Å². The third-order valence-corrected chi connectivity index (χ3v) is 2.22. The van der Waals surface area contributed by atoms with Gasteiger partial charge in [-0.05, 0) is 6.07 Å². The van der Waals surface area contributed by atoms with Crippen LogP contribution in [0.15, 0.2) is 24.2 Å². The van der Waals surface area contributed by atoms with Crippen LogP contribution in [0.25, 0.3) is 6.08 Å². The van der Waals surface area contributed by atoms with Crippen LogP contribution in [0.2, 0.25) is 0 Å². The van der Waals surface area contributed by atoms with Crippen molar-refractivity contribution in [3.63, 3.8) is 0 Å². The number of rotatable bonds is 5. The first-order chi connectivity index (χ1) is 8.10. The SMILES string of the molecule is COC(OC)c1ccncc1/C=C(\C)[N+](=O)[O-]. The second-order valence-electron chi connectivity index (χ2n) is 3.35. The van der Waals surface area contributed by atoms with E-state index in [1.807, 2.05) is 0 Å². The van der Waals surface area contributed by atoms with Crippen molar-refractivity contribution in [3.05, 3.63) is 45.4 Å². The summed E-state index contributed by atoms with van der Waals surface area (Å²) in [5, 5.41) is 10.6. The molecular formula is C11H14N2O4. The molecule has 1 rings (SSSR count). The van der Waals surface area contributed by atoms with Crippen LogP contribution in [-0.4, -0.2) is 24.1 Å². The lowest BCUT2D eigenvalue weighted by Crippen LogP contribution is -2.06. The van der Waals surface area contributed by atoms with Crippen LogP contribution in [0.1, 0.15) is 24.3 Å². The van der Waals surface area contributed by atoms with Crippen molar-refractivity contribution in [3.8, 4) is 0 Å². The first-order valence-corrected chi connectivity index (χ1v) is 4.92. The van der Waals surface area contributed by atoms with Crippen LogP contribution < -0.4 is 0 Å². The number of nitro groups is 1. The number of ether oxygens (including phenoxy) is 2. The van der Waals surface area contributed by atoms with E-state index in [1.165, 1.54) is 33.4 Å². The van der Waals surface area contributed by atoms with E-state index >= 15 is 0 Å². The minimum Gasteiger partial charge on any atom is -0.352 e. The van der Waals surface area contributed by atoms with Gasteiger partial charge in [-0.2, -0.15) is 0 Å². The maximum Gasteiger partial charge on any atom is 0.243 e. The maximum absolute atomic E-state index is 10.6. The van der Waals surface area contributed by atoms with Crippen molar-refractivity contribution in [1.29, 1.82) is 0 Å². The summed E-state index contributed by atoms with van der Waals surface area (Å²) in [5.41, 5.74) is 1.34. The molecule has 0 N–H and O–H groups in total. The molecule has 0 aliphatic heterocycles. The smallest absolute Gasteiger partial charge is 0.243 e. The summed E-state index contributed by atoms with van der Waals surface area (Å²) in [6, 6.07) is 1.71. The maximum atomic E-state index is 10.6. The van der Waals surface area contributed by atoms with Gasteiger partial charge in [0.05, 0.1) is 4.92 Å². The van der Waals surface area contributed by atoms with Gasteiger partial charge in [-0.25, -0.2) is 0 Å². The lowest BCUT2D eigenvalue weighted by molar-refractivity contribution is -0.422. The van der Waals surface area contributed by atoms with Gasteiger partial charge in [0.25, 0.3) is 0 Å². The molecule has 1 heterocycles. The normalized spacial score (nSPS) is 11.9. The minimum absolute atomic E-state index is 0.0326. The molecule has 92 valence electrons. The fraction of sp³-hybridized carbons (Fsp3) is 0.364. The Labute approximate surface area is 99.0 Å². The van der Waals surface area contributed by atoms with Gasteiger partial charge in [0.15, 0.2) is 6.29 Å². The number of methoxy groups -OCH3 is 2. The molecule has 0 saturated carbocycles. The van der Waals surface area contributed by atoms with Crippen molar-refractivity contribution >= 4 is 6.08 Å². The molecular weight excluding hydrogens is 224 g/mol. The zero-order valence-electron chi connectivity index (χ0n) is 9.91. The van der Waals surface area contributed by atoms with E-state index in [9.17, 15) is 10.1 Å². The van der Waals surface area contributed by atoms with Crippen molar-refractivity contribution in [2.24, 2.45) is 0 Å². The predicted molar refractivity (Wildman–Crippen MR) is 61.6 cm³/mol. The molecule has 0 aliphatic rings. The Balaban J connectivity index is 3.16. The van der Waals surface area contributed by atoms with Gasteiger partial charge in [0, 0.05) is 50.7 Å². The highest BCUT2D eigenvalue weighted by Gasteiger charge is 2.14. The van der Waals surface area contributed by atoms with Crippen molar-refractivity contribution < 1.29 is 14.4 Å². The molecule has 17 heavy (non-hydrogen) atoms. The lowest BCUT2D eigenvalue weighted by atomic mass is 10.1. The molecule has 0 spiro atoms. The molecule has 0 unspecified atom stereocenters. The molecule has 6 nitrogen and oxygen atoms in total. The monoisotopic (exact) mass is 238 g/mol. The Hall–Kier alpha value is -1.79. The van der Waals surface area contributed by atoms with E-state index in [0.29, 0.717) is 11.1 Å². The number of aromatic nitrogens is 1. The third-order valence-electron chi connectivity index (χ3n) is 2.22. The summed E-state index contributed by atoms with van der Waals surface area (Å²) in [6.07, 6.45) is 3.99. The van der Waals surface area contributed by atoms with E-state index in [-0.39, 0.29) is 5.70 Å². The van der Waals surface area contributed by atoms with E-state index in [4.69, 9.17) is 9.47 Å². The molecule has 0 fully saturated rings. The Bertz CT molecular complexity index is 427. The van der Waals surface area contributed by atoms with Gasteiger partial charge in [0.2, 0.25) is 5.70 Å². The minimum atomic E-state index is -0.566. The molecule has 0 amide bonds. The van der Waals surface area contributed by atoms with E-state index in [2.05, 4.69) is 4.98 Å². The van der Waals surface area contributed by atoms with Gasteiger partial charge in [0.1, 0.15) is 0 Å².